The Kier molecular flexibility index (Phi) is 7.48. The van der Waals surface area contributed by atoms with Crippen molar-refractivity contribution in [1.82, 2.24) is 0 Å². The Balaban J connectivity index is 1.49. The third kappa shape index (κ3) is 5.22. The van der Waals surface area contributed by atoms with Gasteiger partial charge >= 0.3 is 0 Å². The highest BCUT2D eigenvalue weighted by atomic mass is 127. The monoisotopic (exact) mass is 542 g/mol. The fourth-order valence-corrected chi connectivity index (χ4v) is 4.51. The van der Waals surface area contributed by atoms with Gasteiger partial charge in [0.2, 0.25) is 0 Å². The van der Waals surface area contributed by atoms with Gasteiger partial charge < -0.3 is 34.6 Å². The highest BCUT2D eigenvalue weighted by Gasteiger charge is 2.44. The van der Waals surface area contributed by atoms with E-state index in [-0.39, 0.29) is 6.29 Å². The topological polar surface area (TPSA) is 109 Å². The van der Waals surface area contributed by atoms with E-state index in [4.69, 9.17) is 14.2 Å². The van der Waals surface area contributed by atoms with Crippen LogP contribution in [0.5, 0.6) is 5.75 Å². The van der Waals surface area contributed by atoms with Crippen LogP contribution in [0.4, 0.5) is 0 Å². The van der Waals surface area contributed by atoms with Gasteiger partial charge in [-0.3, -0.25) is 0 Å². The molecule has 2 aromatic rings. The molecule has 6 atom stereocenters. The number of hydrogen-bond donors (Lipinski definition) is 4. The summed E-state index contributed by atoms with van der Waals surface area (Å²) in [5, 5.41) is 40.0. The molecule has 2 fully saturated rings. The van der Waals surface area contributed by atoms with E-state index in [1.54, 1.807) is 0 Å². The zero-order valence-corrected chi connectivity index (χ0v) is 19.1. The molecule has 0 aromatic heterocycles. The van der Waals surface area contributed by atoms with Gasteiger partial charge in [-0.15, -0.1) is 0 Å². The van der Waals surface area contributed by atoms with Gasteiger partial charge in [0.15, 0.2) is 6.29 Å². The van der Waals surface area contributed by atoms with E-state index < -0.39 is 37.1 Å². The number of halogens is 1. The molecule has 8 heteroatoms. The molecule has 2 saturated heterocycles. The number of benzene rings is 2. The zero-order valence-electron chi connectivity index (χ0n) is 16.9. The molecule has 2 heterocycles. The van der Waals surface area contributed by atoms with Gasteiger partial charge in [0, 0.05) is 9.99 Å². The van der Waals surface area contributed by atoms with Gasteiger partial charge in [-0.1, -0.05) is 24.3 Å². The van der Waals surface area contributed by atoms with Crippen molar-refractivity contribution in [3.05, 3.63) is 62.7 Å². The average molecular weight is 542 g/mol. The van der Waals surface area contributed by atoms with Crippen LogP contribution in [0, 0.1) is 3.57 Å². The SMILES string of the molecule is OC[C@H]1O[C@@H](c2ccc(I)c(Cc3ccc(O[C@H]4CCCO4)cc3)c2)[C@H](O)[C@@H](O)[C@@H]1O. The predicted octanol–water partition coefficient (Wildman–Crippen LogP) is 1.91. The van der Waals surface area contributed by atoms with Crippen molar-refractivity contribution < 1.29 is 34.6 Å². The summed E-state index contributed by atoms with van der Waals surface area (Å²) in [6, 6.07) is 13.6. The lowest BCUT2D eigenvalue weighted by Gasteiger charge is -2.40. The highest BCUT2D eigenvalue weighted by molar-refractivity contribution is 14.1. The summed E-state index contributed by atoms with van der Waals surface area (Å²) in [6.45, 7) is 0.297. The lowest BCUT2D eigenvalue weighted by Crippen LogP contribution is -2.55. The van der Waals surface area contributed by atoms with Gasteiger partial charge in [-0.05, 0) is 70.3 Å². The van der Waals surface area contributed by atoms with E-state index in [0.717, 1.165) is 39.9 Å². The summed E-state index contributed by atoms with van der Waals surface area (Å²) in [7, 11) is 0. The first-order valence-corrected chi connectivity index (χ1v) is 11.5. The van der Waals surface area contributed by atoms with Crippen molar-refractivity contribution in [2.75, 3.05) is 13.2 Å². The molecule has 4 N–H and O–H groups in total. The van der Waals surface area contributed by atoms with Crippen molar-refractivity contribution >= 4 is 22.6 Å². The van der Waals surface area contributed by atoms with Gasteiger partial charge in [0.25, 0.3) is 0 Å². The van der Waals surface area contributed by atoms with Crippen LogP contribution in [0.1, 0.15) is 35.6 Å². The van der Waals surface area contributed by atoms with E-state index in [1.807, 2.05) is 42.5 Å². The van der Waals surface area contributed by atoms with Crippen LogP contribution >= 0.6 is 22.6 Å². The smallest absolute Gasteiger partial charge is 0.199 e. The molecule has 0 aliphatic carbocycles. The molecule has 0 bridgehead atoms. The Bertz CT molecular complexity index is 867. The van der Waals surface area contributed by atoms with Crippen molar-refractivity contribution in [2.45, 2.75) is 56.1 Å². The van der Waals surface area contributed by atoms with Crippen LogP contribution in [0.2, 0.25) is 0 Å². The Morgan fingerprint density at radius 1 is 1.00 bits per heavy atom. The molecule has 0 saturated carbocycles. The molecule has 2 aromatic carbocycles. The molecule has 4 rings (SSSR count). The van der Waals surface area contributed by atoms with Crippen molar-refractivity contribution in [3.63, 3.8) is 0 Å². The second kappa shape index (κ2) is 10.1. The van der Waals surface area contributed by atoms with Crippen LogP contribution < -0.4 is 4.74 Å². The summed E-state index contributed by atoms with van der Waals surface area (Å²) < 4.78 is 18.1. The largest absolute Gasteiger partial charge is 0.465 e. The Morgan fingerprint density at radius 2 is 1.77 bits per heavy atom. The second-order valence-electron chi connectivity index (χ2n) is 7.98. The maximum Gasteiger partial charge on any atom is 0.199 e. The average Bonchev–Trinajstić information content (AvgIpc) is 3.28. The fourth-order valence-electron chi connectivity index (χ4n) is 3.98. The molecule has 0 unspecified atom stereocenters. The van der Waals surface area contributed by atoms with E-state index in [1.165, 1.54) is 0 Å². The molecule has 7 nitrogen and oxygen atoms in total. The Morgan fingerprint density at radius 3 is 2.45 bits per heavy atom. The van der Waals surface area contributed by atoms with E-state index >= 15 is 0 Å². The molecular weight excluding hydrogens is 515 g/mol. The number of rotatable bonds is 6. The predicted molar refractivity (Wildman–Crippen MR) is 121 cm³/mol. The van der Waals surface area contributed by atoms with Crippen LogP contribution in [-0.4, -0.2) is 64.3 Å². The molecule has 0 amide bonds. The summed E-state index contributed by atoms with van der Waals surface area (Å²) in [5.74, 6) is 0.778. The maximum atomic E-state index is 10.4. The minimum absolute atomic E-state index is 0.165. The molecule has 0 radical (unpaired) electrons. The molecule has 2 aliphatic rings. The second-order valence-corrected chi connectivity index (χ2v) is 9.14. The number of ether oxygens (including phenoxy) is 3. The first-order valence-electron chi connectivity index (χ1n) is 10.4. The summed E-state index contributed by atoms with van der Waals surface area (Å²) in [5.41, 5.74) is 2.83. The minimum Gasteiger partial charge on any atom is -0.465 e. The number of aliphatic hydroxyl groups excluding tert-OH is 4. The van der Waals surface area contributed by atoms with E-state index in [9.17, 15) is 20.4 Å². The first kappa shape index (κ1) is 22.9. The molecule has 31 heavy (non-hydrogen) atoms. The Labute approximate surface area is 194 Å². The van der Waals surface area contributed by atoms with Gasteiger partial charge in [0.05, 0.1) is 13.2 Å². The quantitative estimate of drug-likeness (QED) is 0.413. The van der Waals surface area contributed by atoms with Crippen LogP contribution in [-0.2, 0) is 15.9 Å². The number of aliphatic hydroxyl groups is 4. The van der Waals surface area contributed by atoms with Crippen LogP contribution in [0.25, 0.3) is 0 Å². The number of hydrogen-bond acceptors (Lipinski definition) is 7. The summed E-state index contributed by atoms with van der Waals surface area (Å²) in [6.07, 6.45) is -3.39. The lowest BCUT2D eigenvalue weighted by atomic mass is 9.90. The van der Waals surface area contributed by atoms with Crippen molar-refractivity contribution in [3.8, 4) is 5.75 Å². The van der Waals surface area contributed by atoms with Crippen molar-refractivity contribution in [1.29, 1.82) is 0 Å². The minimum atomic E-state index is -1.39. The van der Waals surface area contributed by atoms with Crippen LogP contribution in [0.15, 0.2) is 42.5 Å². The Hall–Kier alpha value is -1.27. The molecular formula is C23H27IO7. The fraction of sp³-hybridized carbons (Fsp3) is 0.478. The van der Waals surface area contributed by atoms with E-state index in [2.05, 4.69) is 22.6 Å². The molecule has 2 aliphatic heterocycles. The highest BCUT2D eigenvalue weighted by Crippen LogP contribution is 2.34. The van der Waals surface area contributed by atoms with Gasteiger partial charge in [0.1, 0.15) is 36.3 Å². The molecule has 0 spiro atoms. The van der Waals surface area contributed by atoms with E-state index in [0.29, 0.717) is 12.0 Å². The van der Waals surface area contributed by atoms with Crippen LogP contribution in [0.3, 0.4) is 0 Å². The van der Waals surface area contributed by atoms with Gasteiger partial charge in [-0.25, -0.2) is 0 Å². The maximum absolute atomic E-state index is 10.4. The standard InChI is InChI=1S/C23H27IO7/c24-17-8-5-14(23-22(28)21(27)20(26)18(12-25)31-23)11-15(17)10-13-3-6-16(7-4-13)30-19-2-1-9-29-19/h3-8,11,18-23,25-28H,1-2,9-10,12H2/t18-,19+,20-,21+,22-,23+/m1/s1. The summed E-state index contributed by atoms with van der Waals surface area (Å²) in [4.78, 5) is 0. The molecule has 168 valence electrons. The third-order valence-corrected chi connectivity index (χ3v) is 6.82. The zero-order chi connectivity index (χ0) is 22.0. The first-order chi connectivity index (χ1) is 15.0. The summed E-state index contributed by atoms with van der Waals surface area (Å²) >= 11 is 2.26. The van der Waals surface area contributed by atoms with Crippen molar-refractivity contribution in [2.24, 2.45) is 0 Å². The lowest BCUT2D eigenvalue weighted by molar-refractivity contribution is -0.231. The third-order valence-electron chi connectivity index (χ3n) is 5.76. The normalized spacial score (nSPS) is 31.0. The van der Waals surface area contributed by atoms with Gasteiger partial charge in [-0.2, -0.15) is 0 Å².